The smallest absolute Gasteiger partial charge is 0.242 e. The van der Waals surface area contributed by atoms with Crippen LogP contribution >= 0.6 is 23.2 Å². The Kier molecular flexibility index (Phi) is 5.03. The Labute approximate surface area is 117 Å². The summed E-state index contributed by atoms with van der Waals surface area (Å²) in [5.41, 5.74) is 0.981. The molecular weight excluding hydrogens is 297 g/mol. The average molecular weight is 312 g/mol. The molecule has 102 valence electrons. The van der Waals surface area contributed by atoms with E-state index in [1.807, 2.05) is 0 Å². The minimum Gasteiger partial charge on any atom is -0.395 e. The van der Waals surface area contributed by atoms with Gasteiger partial charge in [0.1, 0.15) is 4.90 Å². The second kappa shape index (κ2) is 5.75. The molecule has 0 bridgehead atoms. The third-order valence-electron chi connectivity index (χ3n) is 2.49. The molecule has 0 amide bonds. The van der Waals surface area contributed by atoms with Crippen LogP contribution in [0.2, 0.25) is 10.0 Å². The van der Waals surface area contributed by atoms with Crippen LogP contribution in [-0.2, 0) is 10.0 Å². The summed E-state index contributed by atoms with van der Waals surface area (Å²) in [5, 5.41) is 9.40. The molecule has 0 aliphatic carbocycles. The summed E-state index contributed by atoms with van der Waals surface area (Å²) >= 11 is 12.0. The first-order chi connectivity index (χ1) is 8.20. The van der Waals surface area contributed by atoms with Gasteiger partial charge in [0, 0.05) is 11.1 Å². The van der Waals surface area contributed by atoms with E-state index in [4.69, 9.17) is 28.3 Å². The van der Waals surface area contributed by atoms with E-state index in [0.29, 0.717) is 16.1 Å². The Morgan fingerprint density at radius 1 is 1.39 bits per heavy atom. The van der Waals surface area contributed by atoms with E-state index in [9.17, 15) is 8.42 Å². The molecular formula is C11H15Cl2NO3S. The van der Waals surface area contributed by atoms with Crippen molar-refractivity contribution in [2.75, 3.05) is 6.61 Å². The predicted molar refractivity (Wildman–Crippen MR) is 72.8 cm³/mol. The number of rotatable bonds is 4. The van der Waals surface area contributed by atoms with Gasteiger partial charge in [0.15, 0.2) is 0 Å². The number of aliphatic hydroxyl groups excluding tert-OH is 1. The second-order valence-corrected chi connectivity index (χ2v) is 6.58. The fourth-order valence-electron chi connectivity index (χ4n) is 1.49. The summed E-state index contributed by atoms with van der Waals surface area (Å²) in [6, 6.07) is 1.03. The quantitative estimate of drug-likeness (QED) is 0.896. The van der Waals surface area contributed by atoms with Gasteiger partial charge in [-0.2, -0.15) is 0 Å². The van der Waals surface area contributed by atoms with Crippen molar-refractivity contribution < 1.29 is 13.5 Å². The van der Waals surface area contributed by atoms with Gasteiger partial charge in [-0.3, -0.25) is 0 Å². The lowest BCUT2D eigenvalue weighted by atomic mass is 10.2. The van der Waals surface area contributed by atoms with Crippen LogP contribution in [0.5, 0.6) is 0 Å². The van der Waals surface area contributed by atoms with Crippen LogP contribution in [0.4, 0.5) is 0 Å². The molecule has 0 spiro atoms. The van der Waals surface area contributed by atoms with E-state index in [1.165, 1.54) is 0 Å². The summed E-state index contributed by atoms with van der Waals surface area (Å²) in [5.74, 6) is 0. The minimum atomic E-state index is -3.80. The Bertz CT molecular complexity index is 532. The van der Waals surface area contributed by atoms with Gasteiger partial charge >= 0.3 is 0 Å². The maximum Gasteiger partial charge on any atom is 0.242 e. The highest BCUT2D eigenvalue weighted by atomic mass is 35.5. The molecule has 0 aliphatic heterocycles. The Morgan fingerprint density at radius 2 is 1.94 bits per heavy atom. The Balaban J connectivity index is 3.41. The maximum atomic E-state index is 12.2. The van der Waals surface area contributed by atoms with Crippen LogP contribution in [0.15, 0.2) is 11.0 Å². The highest BCUT2D eigenvalue weighted by Crippen LogP contribution is 2.33. The number of aryl methyl sites for hydroxylation is 1. The van der Waals surface area contributed by atoms with Crippen LogP contribution in [0.25, 0.3) is 0 Å². The summed E-state index contributed by atoms with van der Waals surface area (Å²) < 4.78 is 26.7. The van der Waals surface area contributed by atoms with Gasteiger partial charge in [-0.1, -0.05) is 23.2 Å². The van der Waals surface area contributed by atoms with Crippen LogP contribution in [0.1, 0.15) is 18.1 Å². The van der Waals surface area contributed by atoms with Crippen molar-refractivity contribution in [1.82, 2.24) is 4.72 Å². The summed E-state index contributed by atoms with van der Waals surface area (Å²) in [6.07, 6.45) is 0. The largest absolute Gasteiger partial charge is 0.395 e. The SMILES string of the molecule is Cc1cc(Cl)c(C)c(S(=O)(=O)N[C@@H](C)CO)c1Cl. The number of halogens is 2. The molecule has 0 unspecified atom stereocenters. The van der Waals surface area contributed by atoms with E-state index in [-0.39, 0.29) is 16.5 Å². The number of nitrogens with one attached hydrogen (secondary N) is 1. The highest BCUT2D eigenvalue weighted by Gasteiger charge is 2.25. The van der Waals surface area contributed by atoms with Crippen molar-refractivity contribution in [3.8, 4) is 0 Å². The molecule has 0 saturated carbocycles. The predicted octanol–water partition coefficient (Wildman–Crippen LogP) is 2.27. The molecule has 0 fully saturated rings. The Morgan fingerprint density at radius 3 is 2.44 bits per heavy atom. The van der Waals surface area contributed by atoms with Crippen molar-refractivity contribution in [3.63, 3.8) is 0 Å². The van der Waals surface area contributed by atoms with E-state index >= 15 is 0 Å². The number of hydrogen-bond acceptors (Lipinski definition) is 3. The average Bonchev–Trinajstić information content (AvgIpc) is 2.25. The second-order valence-electron chi connectivity index (χ2n) is 4.15. The van der Waals surface area contributed by atoms with Crippen LogP contribution in [-0.4, -0.2) is 26.2 Å². The molecule has 1 aromatic rings. The highest BCUT2D eigenvalue weighted by molar-refractivity contribution is 7.89. The lowest BCUT2D eigenvalue weighted by molar-refractivity contribution is 0.265. The van der Waals surface area contributed by atoms with Crippen molar-refractivity contribution in [3.05, 3.63) is 27.2 Å². The molecule has 4 nitrogen and oxygen atoms in total. The van der Waals surface area contributed by atoms with Gasteiger partial charge in [0.05, 0.1) is 11.6 Å². The van der Waals surface area contributed by atoms with Crippen molar-refractivity contribution in [1.29, 1.82) is 0 Å². The molecule has 1 rings (SSSR count). The standard InChI is InChI=1S/C11H15Cl2NO3S/c1-6-4-9(12)8(3)11(10(6)13)18(16,17)14-7(2)5-15/h4,7,14-15H,5H2,1-3H3/t7-/m0/s1. The zero-order chi connectivity index (χ0) is 14.1. The van der Waals surface area contributed by atoms with Crippen LogP contribution in [0, 0.1) is 13.8 Å². The molecule has 0 saturated heterocycles. The molecule has 0 radical (unpaired) electrons. The van der Waals surface area contributed by atoms with Gasteiger partial charge in [0.25, 0.3) is 0 Å². The number of benzene rings is 1. The van der Waals surface area contributed by atoms with Gasteiger partial charge in [0.2, 0.25) is 10.0 Å². The lowest BCUT2D eigenvalue weighted by Gasteiger charge is -2.16. The zero-order valence-electron chi connectivity index (χ0n) is 10.3. The molecule has 2 N–H and O–H groups in total. The van der Waals surface area contributed by atoms with Crippen molar-refractivity contribution in [2.45, 2.75) is 31.7 Å². The van der Waals surface area contributed by atoms with Gasteiger partial charge in [-0.15, -0.1) is 0 Å². The lowest BCUT2D eigenvalue weighted by Crippen LogP contribution is -2.35. The fourth-order valence-corrected chi connectivity index (χ4v) is 3.94. The molecule has 7 heteroatoms. The number of sulfonamides is 1. The van der Waals surface area contributed by atoms with E-state index < -0.39 is 16.1 Å². The molecule has 0 heterocycles. The maximum absolute atomic E-state index is 12.2. The first-order valence-electron chi connectivity index (χ1n) is 5.29. The fraction of sp³-hybridized carbons (Fsp3) is 0.455. The van der Waals surface area contributed by atoms with Gasteiger partial charge < -0.3 is 5.11 Å². The molecule has 0 aromatic heterocycles. The van der Waals surface area contributed by atoms with Crippen LogP contribution in [0.3, 0.4) is 0 Å². The normalized spacial score (nSPS) is 13.7. The molecule has 1 atom stereocenters. The Hall–Kier alpha value is -0.330. The first kappa shape index (κ1) is 15.7. The third-order valence-corrected chi connectivity index (χ3v) is 5.24. The molecule has 0 aliphatic rings. The number of aliphatic hydroxyl groups is 1. The van der Waals surface area contributed by atoms with Crippen molar-refractivity contribution in [2.24, 2.45) is 0 Å². The number of hydrogen-bond donors (Lipinski definition) is 2. The molecule has 18 heavy (non-hydrogen) atoms. The van der Waals surface area contributed by atoms with Gasteiger partial charge in [-0.05, 0) is 38.0 Å². The van der Waals surface area contributed by atoms with E-state index in [2.05, 4.69) is 4.72 Å². The first-order valence-corrected chi connectivity index (χ1v) is 7.53. The summed E-state index contributed by atoms with van der Waals surface area (Å²) in [7, 11) is -3.80. The van der Waals surface area contributed by atoms with Crippen molar-refractivity contribution >= 4 is 33.2 Å². The molecule has 1 aromatic carbocycles. The van der Waals surface area contributed by atoms with Crippen LogP contribution < -0.4 is 4.72 Å². The summed E-state index contributed by atoms with van der Waals surface area (Å²) in [4.78, 5) is -0.0329. The summed E-state index contributed by atoms with van der Waals surface area (Å²) in [6.45, 7) is 4.53. The van der Waals surface area contributed by atoms with E-state index in [1.54, 1.807) is 26.8 Å². The zero-order valence-corrected chi connectivity index (χ0v) is 12.6. The van der Waals surface area contributed by atoms with E-state index in [0.717, 1.165) is 0 Å². The van der Waals surface area contributed by atoms with Gasteiger partial charge in [-0.25, -0.2) is 13.1 Å². The minimum absolute atomic E-state index is 0.0329. The third kappa shape index (κ3) is 3.16. The topological polar surface area (TPSA) is 66.4 Å². The monoisotopic (exact) mass is 311 g/mol.